The summed E-state index contributed by atoms with van der Waals surface area (Å²) in [5.41, 5.74) is 7.14. The number of methoxy groups -OCH3 is 1. The molecule has 4 heteroatoms. The van der Waals surface area contributed by atoms with Gasteiger partial charge in [-0.25, -0.2) is 0 Å². The normalized spacial score (nSPS) is 8.42. The van der Waals surface area contributed by atoms with Crippen LogP contribution in [-0.2, 0) is 0 Å². The predicted octanol–water partition coefficient (Wildman–Crippen LogP) is 1.89. The summed E-state index contributed by atoms with van der Waals surface area (Å²) in [6.07, 6.45) is 0. The van der Waals surface area contributed by atoms with E-state index in [-0.39, 0.29) is 41.3 Å². The van der Waals surface area contributed by atoms with Crippen molar-refractivity contribution in [2.75, 3.05) is 7.11 Å². The molecule has 12 heavy (non-hydrogen) atoms. The van der Waals surface area contributed by atoms with Crippen LogP contribution in [0.5, 0.6) is 5.75 Å². The summed E-state index contributed by atoms with van der Waals surface area (Å²) in [4.78, 5) is 10.6. The van der Waals surface area contributed by atoms with Gasteiger partial charge in [0.2, 0.25) is 0 Å². The minimum Gasteiger partial charge on any atom is -0.663 e. The fraction of sp³-hybridized carbons (Fsp3) is 0.125. The second kappa shape index (κ2) is 5.49. The van der Waals surface area contributed by atoms with Gasteiger partial charge in [-0.05, 0) is 12.1 Å². The number of hydrogen-bond acceptors (Lipinski definition) is 2. The van der Waals surface area contributed by atoms with Crippen LogP contribution in [0.15, 0.2) is 24.3 Å². The topological polar surface area (TPSA) is 50.1 Å². The van der Waals surface area contributed by atoms with Crippen molar-refractivity contribution in [3.05, 3.63) is 35.6 Å². The molecule has 1 aromatic carbocycles. The number of amides is 1. The third-order valence-electron chi connectivity index (χ3n) is 1.35. The summed E-state index contributed by atoms with van der Waals surface area (Å²) >= 11 is 0. The van der Waals surface area contributed by atoms with E-state index in [1.54, 1.807) is 24.3 Å². The number of benzene rings is 1. The first-order chi connectivity index (χ1) is 5.25. The molecule has 1 N–H and O–H groups in total. The predicted molar refractivity (Wildman–Crippen MR) is 41.6 cm³/mol. The van der Waals surface area contributed by atoms with Gasteiger partial charge in [-0.15, -0.1) is 0 Å². The zero-order valence-corrected chi connectivity index (χ0v) is 10.4. The molecule has 0 fully saturated rings. The van der Waals surface area contributed by atoms with Gasteiger partial charge in [0.1, 0.15) is 5.75 Å². The van der Waals surface area contributed by atoms with Gasteiger partial charge in [0, 0.05) is 5.56 Å². The Kier molecular flexibility index (Phi) is 5.42. The molecule has 1 aromatic rings. The maximum absolute atomic E-state index is 10.6. The smallest absolute Gasteiger partial charge is 0.663 e. The summed E-state index contributed by atoms with van der Waals surface area (Å²) in [7, 11) is 1.47. The Hall–Kier alpha value is -0.146. The summed E-state index contributed by atoms with van der Waals surface area (Å²) in [6.45, 7) is 0. The molecule has 0 aromatic heterocycles. The van der Waals surface area contributed by atoms with Crippen molar-refractivity contribution in [1.29, 1.82) is 0 Å². The molecule has 3 nitrogen and oxygen atoms in total. The molecule has 1 rings (SSSR count). The zero-order chi connectivity index (χ0) is 8.27. The molecule has 0 aliphatic rings. The van der Waals surface area contributed by atoms with Gasteiger partial charge in [-0.1, -0.05) is 12.1 Å². The first kappa shape index (κ1) is 11.9. The molecule has 0 aliphatic heterocycles. The molecule has 0 aliphatic carbocycles. The van der Waals surface area contributed by atoms with Crippen LogP contribution < -0.4 is 4.74 Å². The Bertz CT molecular complexity index is 276. The molecule has 0 spiro atoms. The van der Waals surface area contributed by atoms with E-state index in [2.05, 4.69) is 0 Å². The average Bonchev–Trinajstić information content (AvgIpc) is 2.04. The summed E-state index contributed by atoms with van der Waals surface area (Å²) in [5.74, 6) is -0.269. The minimum atomic E-state index is -0.720. The molecule has 0 saturated heterocycles. The Labute approximate surface area is 104 Å². The van der Waals surface area contributed by atoms with E-state index in [0.29, 0.717) is 11.3 Å². The largest absolute Gasteiger partial charge is 3.00 e. The van der Waals surface area contributed by atoms with Gasteiger partial charge in [0.15, 0.2) is 0 Å². The van der Waals surface area contributed by atoms with Crippen molar-refractivity contribution < 1.29 is 50.8 Å². The third kappa shape index (κ3) is 2.72. The molecule has 58 valence electrons. The van der Waals surface area contributed by atoms with Crippen LogP contribution in [0.4, 0.5) is 0 Å². The summed E-state index contributed by atoms with van der Waals surface area (Å²) < 4.78 is 4.87. The number of rotatable bonds is 2. The number of nitrogens with one attached hydrogen (secondary N) is 1. The molecule has 0 bridgehead atoms. The van der Waals surface area contributed by atoms with Crippen LogP contribution in [0.1, 0.15) is 10.4 Å². The Morgan fingerprint density at radius 2 is 2.00 bits per heavy atom. The maximum Gasteiger partial charge on any atom is 3.00 e. The number of para-hydroxylation sites is 1. The van der Waals surface area contributed by atoms with E-state index in [1.807, 2.05) is 0 Å². The van der Waals surface area contributed by atoms with Gasteiger partial charge >= 0.3 is 41.3 Å². The summed E-state index contributed by atoms with van der Waals surface area (Å²) in [5, 5.41) is 0. The van der Waals surface area contributed by atoms with E-state index in [1.165, 1.54) is 7.11 Å². The first-order valence-electron chi connectivity index (χ1n) is 3.14. The molecule has 0 unspecified atom stereocenters. The van der Waals surface area contributed by atoms with Crippen molar-refractivity contribution in [3.8, 4) is 5.75 Å². The third-order valence-corrected chi connectivity index (χ3v) is 1.35. The van der Waals surface area contributed by atoms with Gasteiger partial charge in [0.25, 0.3) is 0 Å². The van der Waals surface area contributed by atoms with Crippen molar-refractivity contribution in [2.24, 2.45) is 0 Å². The zero-order valence-electron chi connectivity index (χ0n) is 6.70. The van der Waals surface area contributed by atoms with E-state index in [9.17, 15) is 4.79 Å². The molecular formula is C8H8NO2Pr+2. The number of ether oxygens (including phenoxy) is 1. The van der Waals surface area contributed by atoms with Crippen molar-refractivity contribution in [3.63, 3.8) is 0 Å². The average molecular weight is 291 g/mol. The number of carbonyl (C=O) groups is 1. The number of carbonyl (C=O) groups excluding carboxylic acids is 1. The maximum atomic E-state index is 10.6. The SMILES string of the molecule is COc1ccccc1C([NH-])=O.[Pr+3]. The van der Waals surface area contributed by atoms with Crippen LogP contribution in [0, 0.1) is 41.3 Å². The Balaban J connectivity index is 0.00000121. The van der Waals surface area contributed by atoms with Crippen LogP contribution >= 0.6 is 0 Å². The molecule has 0 atom stereocenters. The van der Waals surface area contributed by atoms with Gasteiger partial charge in [0.05, 0.1) is 13.0 Å². The van der Waals surface area contributed by atoms with Crippen molar-refractivity contribution in [1.82, 2.24) is 0 Å². The van der Waals surface area contributed by atoms with Crippen molar-refractivity contribution >= 4 is 5.91 Å². The van der Waals surface area contributed by atoms with Gasteiger partial charge in [-0.3, -0.25) is 0 Å². The monoisotopic (exact) mass is 291 g/mol. The van der Waals surface area contributed by atoms with Gasteiger partial charge in [-0.2, -0.15) is 0 Å². The fourth-order valence-corrected chi connectivity index (χ4v) is 0.832. The molecular weight excluding hydrogens is 283 g/mol. The Morgan fingerprint density at radius 1 is 1.42 bits per heavy atom. The standard InChI is InChI=1S/C8H9NO2.Pr/c1-11-7-5-3-2-4-6(7)8(9)10;/h2-5H,1H3,(H2,9,10);/q;+3/p-1. The Morgan fingerprint density at radius 3 is 2.42 bits per heavy atom. The van der Waals surface area contributed by atoms with Crippen LogP contribution in [-0.4, -0.2) is 13.0 Å². The van der Waals surface area contributed by atoms with E-state index in [4.69, 9.17) is 10.5 Å². The molecule has 0 radical (unpaired) electrons. The molecule has 1 amide bonds. The quantitative estimate of drug-likeness (QED) is 0.835. The van der Waals surface area contributed by atoms with E-state index >= 15 is 0 Å². The molecule has 0 heterocycles. The number of hydrogen-bond donors (Lipinski definition) is 0. The van der Waals surface area contributed by atoms with E-state index in [0.717, 1.165) is 0 Å². The second-order valence-corrected chi connectivity index (χ2v) is 2.03. The first-order valence-corrected chi connectivity index (χ1v) is 3.14. The fourth-order valence-electron chi connectivity index (χ4n) is 0.832. The minimum absolute atomic E-state index is 0. The van der Waals surface area contributed by atoms with Gasteiger partial charge < -0.3 is 15.3 Å². The van der Waals surface area contributed by atoms with E-state index < -0.39 is 5.91 Å². The van der Waals surface area contributed by atoms with Crippen molar-refractivity contribution in [2.45, 2.75) is 0 Å². The second-order valence-electron chi connectivity index (χ2n) is 2.03. The van der Waals surface area contributed by atoms with Crippen LogP contribution in [0.2, 0.25) is 0 Å². The van der Waals surface area contributed by atoms with Crippen LogP contribution in [0.3, 0.4) is 0 Å². The molecule has 0 saturated carbocycles. The van der Waals surface area contributed by atoms with Crippen LogP contribution in [0.25, 0.3) is 5.73 Å². The summed E-state index contributed by atoms with van der Waals surface area (Å²) in [6, 6.07) is 6.67.